The van der Waals surface area contributed by atoms with Crippen molar-refractivity contribution in [2.24, 2.45) is 0 Å². The fourth-order valence-electron chi connectivity index (χ4n) is 1.94. The molecule has 1 aliphatic rings. The van der Waals surface area contributed by atoms with Crippen LogP contribution in [0.1, 0.15) is 24.5 Å². The van der Waals surface area contributed by atoms with Gasteiger partial charge in [0.1, 0.15) is 0 Å². The number of amides is 1. The number of likely N-dealkylation sites (tertiary alicyclic amines) is 1. The lowest BCUT2D eigenvalue weighted by Crippen LogP contribution is -2.36. The molecule has 1 aliphatic heterocycles. The first-order chi connectivity index (χ1) is 7.66. The summed E-state index contributed by atoms with van der Waals surface area (Å²) >= 11 is 5.72. The quantitative estimate of drug-likeness (QED) is 0.764. The van der Waals surface area contributed by atoms with Gasteiger partial charge in [-0.2, -0.15) is 0 Å². The number of nitrogens with zero attached hydrogens (tertiary/aromatic N) is 3. The Labute approximate surface area is 98.1 Å². The van der Waals surface area contributed by atoms with Crippen LogP contribution in [0.3, 0.4) is 0 Å². The van der Waals surface area contributed by atoms with E-state index in [1.54, 1.807) is 6.20 Å². The lowest BCUT2D eigenvalue weighted by Gasteiger charge is -2.29. The molecule has 0 bridgehead atoms. The van der Waals surface area contributed by atoms with Gasteiger partial charge in [0.2, 0.25) is 5.28 Å². The summed E-state index contributed by atoms with van der Waals surface area (Å²) < 4.78 is 0. The third kappa shape index (κ3) is 2.41. The van der Waals surface area contributed by atoms with Crippen LogP contribution < -0.4 is 0 Å². The molecule has 0 spiro atoms. The van der Waals surface area contributed by atoms with Gasteiger partial charge < -0.3 is 10.0 Å². The Kier molecular flexibility index (Phi) is 3.24. The number of carboxylic acid groups (broad SMARTS) is 1. The fourth-order valence-corrected chi connectivity index (χ4v) is 2.10. The van der Waals surface area contributed by atoms with Gasteiger partial charge in [-0.25, -0.2) is 14.8 Å². The Morgan fingerprint density at radius 3 is 2.75 bits per heavy atom. The minimum absolute atomic E-state index is 0.248. The highest BCUT2D eigenvalue weighted by Gasteiger charge is 2.24. The standard InChI is InChI=1S/C10H12ClN3O2/c11-9-12-4-1-8(13-9)7-2-5-14(6-3-7)10(15)16/h1,4,7H,2-3,5-6H2,(H,15,16). The van der Waals surface area contributed by atoms with Gasteiger partial charge in [0.15, 0.2) is 0 Å². The van der Waals surface area contributed by atoms with Crippen LogP contribution >= 0.6 is 11.6 Å². The summed E-state index contributed by atoms with van der Waals surface area (Å²) in [5.41, 5.74) is 0.907. The van der Waals surface area contributed by atoms with Crippen LogP contribution in [-0.4, -0.2) is 39.2 Å². The number of halogens is 1. The Morgan fingerprint density at radius 1 is 1.50 bits per heavy atom. The van der Waals surface area contributed by atoms with Crippen molar-refractivity contribution in [2.75, 3.05) is 13.1 Å². The second-order valence-electron chi connectivity index (χ2n) is 3.79. The van der Waals surface area contributed by atoms with E-state index in [0.29, 0.717) is 13.1 Å². The van der Waals surface area contributed by atoms with Gasteiger partial charge in [-0.15, -0.1) is 0 Å². The highest BCUT2D eigenvalue weighted by Crippen LogP contribution is 2.26. The first-order valence-electron chi connectivity index (χ1n) is 5.13. The van der Waals surface area contributed by atoms with Crippen molar-refractivity contribution in [3.63, 3.8) is 0 Å². The molecule has 1 saturated heterocycles. The molecule has 16 heavy (non-hydrogen) atoms. The highest BCUT2D eigenvalue weighted by molar-refractivity contribution is 6.28. The Morgan fingerprint density at radius 2 is 2.19 bits per heavy atom. The van der Waals surface area contributed by atoms with Crippen molar-refractivity contribution in [3.05, 3.63) is 23.2 Å². The zero-order chi connectivity index (χ0) is 11.5. The van der Waals surface area contributed by atoms with E-state index >= 15 is 0 Å². The zero-order valence-corrected chi connectivity index (χ0v) is 9.39. The summed E-state index contributed by atoms with van der Waals surface area (Å²) in [4.78, 5) is 20.1. The molecule has 0 aromatic carbocycles. The third-order valence-electron chi connectivity index (χ3n) is 2.83. The third-order valence-corrected chi connectivity index (χ3v) is 3.01. The fraction of sp³-hybridized carbons (Fsp3) is 0.500. The van der Waals surface area contributed by atoms with Gasteiger partial charge in [-0.1, -0.05) is 0 Å². The zero-order valence-electron chi connectivity index (χ0n) is 8.64. The van der Waals surface area contributed by atoms with Gasteiger partial charge in [0.05, 0.1) is 0 Å². The van der Waals surface area contributed by atoms with Crippen LogP contribution in [0.15, 0.2) is 12.3 Å². The average Bonchev–Trinajstić information content (AvgIpc) is 2.29. The molecule has 1 fully saturated rings. The van der Waals surface area contributed by atoms with Crippen LogP contribution in [0.2, 0.25) is 5.28 Å². The summed E-state index contributed by atoms with van der Waals surface area (Å²) in [7, 11) is 0. The molecule has 1 aromatic rings. The smallest absolute Gasteiger partial charge is 0.407 e. The molecule has 0 unspecified atom stereocenters. The molecule has 86 valence electrons. The second kappa shape index (κ2) is 4.65. The van der Waals surface area contributed by atoms with Crippen molar-refractivity contribution in [2.45, 2.75) is 18.8 Å². The highest BCUT2D eigenvalue weighted by atomic mass is 35.5. The largest absolute Gasteiger partial charge is 0.465 e. The summed E-state index contributed by atoms with van der Waals surface area (Å²) in [6, 6.07) is 1.84. The lowest BCUT2D eigenvalue weighted by molar-refractivity contribution is 0.131. The maximum Gasteiger partial charge on any atom is 0.407 e. The number of hydrogen-bond donors (Lipinski definition) is 1. The van der Waals surface area contributed by atoms with Crippen molar-refractivity contribution in [3.8, 4) is 0 Å². The molecule has 0 radical (unpaired) electrons. The first-order valence-corrected chi connectivity index (χ1v) is 5.51. The average molecular weight is 242 g/mol. The van der Waals surface area contributed by atoms with E-state index in [1.165, 1.54) is 4.90 Å². The van der Waals surface area contributed by atoms with Gasteiger partial charge in [-0.05, 0) is 30.5 Å². The van der Waals surface area contributed by atoms with Gasteiger partial charge in [-0.3, -0.25) is 0 Å². The molecule has 2 heterocycles. The maximum absolute atomic E-state index is 10.7. The summed E-state index contributed by atoms with van der Waals surface area (Å²) in [6.07, 6.45) is 2.37. The molecule has 5 nitrogen and oxygen atoms in total. The van der Waals surface area contributed by atoms with Gasteiger partial charge >= 0.3 is 6.09 Å². The summed E-state index contributed by atoms with van der Waals surface area (Å²) in [5.74, 6) is 0.288. The van der Waals surface area contributed by atoms with Crippen LogP contribution in [0.25, 0.3) is 0 Å². The Balaban J connectivity index is 2.01. The monoisotopic (exact) mass is 241 g/mol. The second-order valence-corrected chi connectivity index (χ2v) is 4.13. The number of hydrogen-bond acceptors (Lipinski definition) is 3. The maximum atomic E-state index is 10.7. The molecule has 0 aliphatic carbocycles. The predicted octanol–water partition coefficient (Wildman–Crippen LogP) is 1.99. The number of aromatic nitrogens is 2. The predicted molar refractivity (Wildman–Crippen MR) is 58.6 cm³/mol. The summed E-state index contributed by atoms with van der Waals surface area (Å²) in [6.45, 7) is 1.11. The SMILES string of the molecule is O=C(O)N1CCC(c2ccnc(Cl)n2)CC1. The summed E-state index contributed by atoms with van der Waals surface area (Å²) in [5, 5.41) is 9.07. The molecule has 0 atom stereocenters. The Hall–Kier alpha value is -1.36. The molecular weight excluding hydrogens is 230 g/mol. The normalized spacial score (nSPS) is 17.4. The van der Waals surface area contributed by atoms with Crippen LogP contribution in [0.4, 0.5) is 4.79 Å². The number of piperidine rings is 1. The van der Waals surface area contributed by atoms with Gasteiger partial charge in [0, 0.05) is 30.9 Å². The molecule has 0 saturated carbocycles. The Bertz CT molecular complexity index is 391. The molecular formula is C10H12ClN3O2. The van der Waals surface area contributed by atoms with E-state index in [-0.39, 0.29) is 11.2 Å². The molecule has 1 N–H and O–H groups in total. The topological polar surface area (TPSA) is 66.3 Å². The van der Waals surface area contributed by atoms with Crippen molar-refractivity contribution >= 4 is 17.7 Å². The van der Waals surface area contributed by atoms with Crippen LogP contribution in [0, 0.1) is 0 Å². The van der Waals surface area contributed by atoms with E-state index in [0.717, 1.165) is 18.5 Å². The van der Waals surface area contributed by atoms with Gasteiger partial charge in [0.25, 0.3) is 0 Å². The van der Waals surface area contributed by atoms with Crippen molar-refractivity contribution < 1.29 is 9.90 Å². The lowest BCUT2D eigenvalue weighted by atomic mass is 9.93. The van der Waals surface area contributed by atoms with E-state index in [2.05, 4.69) is 9.97 Å². The van der Waals surface area contributed by atoms with Crippen molar-refractivity contribution in [1.29, 1.82) is 0 Å². The van der Waals surface area contributed by atoms with E-state index in [4.69, 9.17) is 16.7 Å². The molecule has 6 heteroatoms. The van der Waals surface area contributed by atoms with E-state index in [1.807, 2.05) is 6.07 Å². The number of carbonyl (C=O) groups is 1. The minimum Gasteiger partial charge on any atom is -0.465 e. The molecule has 2 rings (SSSR count). The van der Waals surface area contributed by atoms with E-state index < -0.39 is 6.09 Å². The van der Waals surface area contributed by atoms with Crippen LogP contribution in [0.5, 0.6) is 0 Å². The number of rotatable bonds is 1. The minimum atomic E-state index is -0.848. The van der Waals surface area contributed by atoms with Crippen LogP contribution in [-0.2, 0) is 0 Å². The van der Waals surface area contributed by atoms with E-state index in [9.17, 15) is 4.79 Å². The molecule has 1 amide bonds. The van der Waals surface area contributed by atoms with Crippen molar-refractivity contribution in [1.82, 2.24) is 14.9 Å². The molecule has 1 aromatic heterocycles. The first kappa shape index (κ1) is 11.1.